The lowest BCUT2D eigenvalue weighted by Crippen LogP contribution is -1.91. The number of nitrogens with one attached hydrogen (secondary N) is 2. The van der Waals surface area contributed by atoms with Gasteiger partial charge in [0, 0.05) is 16.3 Å². The van der Waals surface area contributed by atoms with Crippen LogP contribution in [-0.4, -0.2) is 15.2 Å². The van der Waals surface area contributed by atoms with E-state index in [1.165, 1.54) is 10.4 Å². The van der Waals surface area contributed by atoms with Crippen molar-refractivity contribution in [1.82, 2.24) is 15.2 Å². The van der Waals surface area contributed by atoms with Crippen molar-refractivity contribution >= 4 is 34.7 Å². The Morgan fingerprint density at radius 3 is 2.85 bits per heavy atom. The van der Waals surface area contributed by atoms with E-state index < -0.39 is 0 Å². The molecule has 6 heteroatoms. The van der Waals surface area contributed by atoms with E-state index >= 15 is 0 Å². The highest BCUT2D eigenvalue weighted by atomic mass is 32.2. The van der Waals surface area contributed by atoms with Gasteiger partial charge in [0.2, 0.25) is 5.95 Å². The maximum atomic E-state index is 4.42. The molecule has 0 unspecified atom stereocenters. The lowest BCUT2D eigenvalue weighted by atomic mass is 10.3. The van der Waals surface area contributed by atoms with Crippen LogP contribution in [0, 0.1) is 6.92 Å². The van der Waals surface area contributed by atoms with E-state index in [1.807, 2.05) is 30.3 Å². The van der Waals surface area contributed by atoms with Crippen molar-refractivity contribution in [3.05, 3.63) is 52.2 Å². The zero-order chi connectivity index (χ0) is 13.8. The molecule has 2 aromatic heterocycles. The van der Waals surface area contributed by atoms with Gasteiger partial charge < -0.3 is 5.32 Å². The SMILES string of the molecule is Cc1ccsc1CSc1nc(Nc2ccccc2)n[nH]1. The molecule has 0 aliphatic rings. The van der Waals surface area contributed by atoms with Gasteiger partial charge in [-0.3, -0.25) is 5.10 Å². The molecule has 2 N–H and O–H groups in total. The van der Waals surface area contributed by atoms with Gasteiger partial charge in [0.25, 0.3) is 0 Å². The summed E-state index contributed by atoms with van der Waals surface area (Å²) in [6.45, 7) is 2.13. The van der Waals surface area contributed by atoms with Crippen LogP contribution in [0.1, 0.15) is 10.4 Å². The summed E-state index contributed by atoms with van der Waals surface area (Å²) < 4.78 is 0. The average molecular weight is 302 g/mol. The summed E-state index contributed by atoms with van der Waals surface area (Å²) in [5, 5.41) is 13.2. The molecule has 0 bridgehead atoms. The number of aromatic nitrogens is 3. The first-order valence-electron chi connectivity index (χ1n) is 6.21. The standard InChI is InChI=1S/C14H14N4S2/c1-10-7-8-19-12(10)9-20-14-16-13(17-18-14)15-11-5-3-2-4-6-11/h2-8H,9H2,1H3,(H2,15,16,17,18). The minimum atomic E-state index is 0.599. The second-order valence-electron chi connectivity index (χ2n) is 4.27. The third kappa shape index (κ3) is 3.20. The van der Waals surface area contributed by atoms with Gasteiger partial charge in [-0.2, -0.15) is 4.98 Å². The van der Waals surface area contributed by atoms with Crippen LogP contribution >= 0.6 is 23.1 Å². The monoisotopic (exact) mass is 302 g/mol. The molecule has 0 aliphatic heterocycles. The van der Waals surface area contributed by atoms with Gasteiger partial charge in [0.1, 0.15) is 0 Å². The Kier molecular flexibility index (Phi) is 4.03. The molecule has 102 valence electrons. The fourth-order valence-corrected chi connectivity index (χ4v) is 3.60. The summed E-state index contributed by atoms with van der Waals surface area (Å²) >= 11 is 3.44. The summed E-state index contributed by atoms with van der Waals surface area (Å²) in [5.74, 6) is 1.52. The molecule has 0 radical (unpaired) electrons. The summed E-state index contributed by atoms with van der Waals surface area (Å²) in [6, 6.07) is 12.0. The average Bonchev–Trinajstić information content (AvgIpc) is 3.07. The highest BCUT2D eigenvalue weighted by molar-refractivity contribution is 7.98. The van der Waals surface area contributed by atoms with E-state index in [-0.39, 0.29) is 0 Å². The van der Waals surface area contributed by atoms with E-state index in [9.17, 15) is 0 Å². The fourth-order valence-electron chi connectivity index (χ4n) is 1.70. The van der Waals surface area contributed by atoms with Crippen LogP contribution in [0.5, 0.6) is 0 Å². The molecule has 1 aromatic carbocycles. The van der Waals surface area contributed by atoms with Gasteiger partial charge in [-0.1, -0.05) is 30.0 Å². The van der Waals surface area contributed by atoms with Crippen molar-refractivity contribution in [3.8, 4) is 0 Å². The maximum absolute atomic E-state index is 4.42. The van der Waals surface area contributed by atoms with Crippen molar-refractivity contribution < 1.29 is 0 Å². The Morgan fingerprint density at radius 2 is 2.10 bits per heavy atom. The Balaban J connectivity index is 1.61. The molecule has 3 aromatic rings. The quantitative estimate of drug-likeness (QED) is 0.693. The van der Waals surface area contributed by atoms with Crippen LogP contribution in [0.4, 0.5) is 11.6 Å². The zero-order valence-electron chi connectivity index (χ0n) is 11.0. The molecule has 0 aliphatic carbocycles. The van der Waals surface area contributed by atoms with Crippen LogP contribution in [0.15, 0.2) is 46.9 Å². The number of anilines is 2. The molecule has 4 nitrogen and oxygen atoms in total. The van der Waals surface area contributed by atoms with Gasteiger partial charge in [-0.25, -0.2) is 0 Å². The highest BCUT2D eigenvalue weighted by Crippen LogP contribution is 2.26. The second kappa shape index (κ2) is 6.11. The maximum Gasteiger partial charge on any atom is 0.247 e. The first kappa shape index (κ1) is 13.2. The van der Waals surface area contributed by atoms with Crippen LogP contribution in [-0.2, 0) is 5.75 Å². The van der Waals surface area contributed by atoms with E-state index in [1.54, 1.807) is 23.1 Å². The van der Waals surface area contributed by atoms with Crippen molar-refractivity contribution in [3.63, 3.8) is 0 Å². The number of benzene rings is 1. The van der Waals surface area contributed by atoms with Crippen molar-refractivity contribution in [1.29, 1.82) is 0 Å². The third-order valence-electron chi connectivity index (χ3n) is 2.80. The number of aryl methyl sites for hydroxylation is 1. The number of thiophene rings is 1. The number of hydrogen-bond donors (Lipinski definition) is 2. The van der Waals surface area contributed by atoms with Crippen molar-refractivity contribution in [2.24, 2.45) is 0 Å². The zero-order valence-corrected chi connectivity index (χ0v) is 12.6. The number of aromatic amines is 1. The molecular weight excluding hydrogens is 288 g/mol. The number of thioether (sulfide) groups is 1. The van der Waals surface area contributed by atoms with Gasteiger partial charge in [-0.05, 0) is 36.1 Å². The first-order valence-corrected chi connectivity index (χ1v) is 8.08. The molecule has 0 spiro atoms. The molecular formula is C14H14N4S2. The lowest BCUT2D eigenvalue weighted by molar-refractivity contribution is 0.973. The number of H-pyrrole nitrogens is 1. The smallest absolute Gasteiger partial charge is 0.247 e. The van der Waals surface area contributed by atoms with E-state index in [2.05, 4.69) is 38.9 Å². The number of nitrogens with zero attached hydrogens (tertiary/aromatic N) is 2. The normalized spacial score (nSPS) is 10.7. The van der Waals surface area contributed by atoms with Crippen LogP contribution in [0.2, 0.25) is 0 Å². The first-order chi connectivity index (χ1) is 9.81. The van der Waals surface area contributed by atoms with Gasteiger partial charge in [0.05, 0.1) is 0 Å². The Bertz CT molecular complexity index is 675. The minimum absolute atomic E-state index is 0.599. The van der Waals surface area contributed by atoms with E-state index in [0.717, 1.165) is 16.6 Å². The molecule has 0 saturated carbocycles. The Morgan fingerprint density at radius 1 is 1.25 bits per heavy atom. The Hall–Kier alpha value is -1.79. The fraction of sp³-hybridized carbons (Fsp3) is 0.143. The lowest BCUT2D eigenvalue weighted by Gasteiger charge is -1.99. The summed E-state index contributed by atoms with van der Waals surface area (Å²) in [4.78, 5) is 5.80. The molecule has 2 heterocycles. The minimum Gasteiger partial charge on any atom is -0.323 e. The molecule has 3 rings (SSSR count). The summed E-state index contributed by atoms with van der Waals surface area (Å²) in [6.07, 6.45) is 0. The number of hydrogen-bond acceptors (Lipinski definition) is 5. The van der Waals surface area contributed by atoms with Crippen molar-refractivity contribution in [2.75, 3.05) is 5.32 Å². The van der Waals surface area contributed by atoms with Crippen molar-refractivity contribution in [2.45, 2.75) is 17.8 Å². The predicted octanol–water partition coefficient (Wildman–Crippen LogP) is 4.21. The van der Waals surface area contributed by atoms with Gasteiger partial charge in [0.15, 0.2) is 5.16 Å². The second-order valence-corrected chi connectivity index (χ2v) is 6.24. The van der Waals surface area contributed by atoms with E-state index in [4.69, 9.17) is 0 Å². The van der Waals surface area contributed by atoms with Gasteiger partial charge >= 0.3 is 0 Å². The summed E-state index contributed by atoms with van der Waals surface area (Å²) in [5.41, 5.74) is 2.32. The predicted molar refractivity (Wildman–Crippen MR) is 84.7 cm³/mol. The molecule has 0 atom stereocenters. The number of rotatable bonds is 5. The molecule has 0 saturated heterocycles. The Labute approximate surface area is 125 Å². The number of para-hydroxylation sites is 1. The molecule has 0 fully saturated rings. The van der Waals surface area contributed by atoms with Crippen LogP contribution in [0.25, 0.3) is 0 Å². The topological polar surface area (TPSA) is 53.6 Å². The van der Waals surface area contributed by atoms with Gasteiger partial charge in [-0.15, -0.1) is 16.4 Å². The van der Waals surface area contributed by atoms with E-state index in [0.29, 0.717) is 5.95 Å². The third-order valence-corrected chi connectivity index (χ3v) is 4.90. The summed E-state index contributed by atoms with van der Waals surface area (Å²) in [7, 11) is 0. The highest BCUT2D eigenvalue weighted by Gasteiger charge is 2.06. The van der Waals surface area contributed by atoms with Crippen LogP contribution in [0.3, 0.4) is 0 Å². The van der Waals surface area contributed by atoms with Crippen LogP contribution < -0.4 is 5.32 Å². The molecule has 0 amide bonds. The molecule has 20 heavy (non-hydrogen) atoms. The largest absolute Gasteiger partial charge is 0.323 e.